The molecule has 3 heterocycles. The first-order chi connectivity index (χ1) is 12.1. The van der Waals surface area contributed by atoms with E-state index < -0.39 is 0 Å². The van der Waals surface area contributed by atoms with Gasteiger partial charge in [0.1, 0.15) is 11.5 Å². The van der Waals surface area contributed by atoms with Gasteiger partial charge in [0.2, 0.25) is 0 Å². The highest BCUT2D eigenvalue weighted by molar-refractivity contribution is 5.92. The smallest absolute Gasteiger partial charge is 0.271 e. The Morgan fingerprint density at radius 2 is 2.04 bits per heavy atom. The summed E-state index contributed by atoms with van der Waals surface area (Å²) in [5, 5.41) is 3.07. The standard InChI is InChI=1S/C18H22N6O/c1-13-21-8-14(9-22-13)11-24-5-2-18(12-24)6-15(7-18)23-17(25)16-10-19-3-4-20-16/h3-4,8-10,15H,2,5-7,11-12H2,1H3,(H,23,25). The van der Waals surface area contributed by atoms with E-state index in [-0.39, 0.29) is 11.9 Å². The summed E-state index contributed by atoms with van der Waals surface area (Å²) in [5.74, 6) is 0.682. The second-order valence-electron chi connectivity index (χ2n) is 7.27. The molecule has 7 heteroatoms. The van der Waals surface area contributed by atoms with Crippen LogP contribution in [0.2, 0.25) is 0 Å². The maximum Gasteiger partial charge on any atom is 0.271 e. The fourth-order valence-electron chi connectivity index (χ4n) is 4.02. The normalized spacial score (nSPS) is 25.7. The number of nitrogens with one attached hydrogen (secondary N) is 1. The molecule has 25 heavy (non-hydrogen) atoms. The maximum absolute atomic E-state index is 12.1. The third-order valence-electron chi connectivity index (χ3n) is 5.25. The molecule has 130 valence electrons. The Bertz CT molecular complexity index is 742. The third kappa shape index (κ3) is 3.51. The van der Waals surface area contributed by atoms with Crippen molar-refractivity contribution >= 4 is 5.91 Å². The van der Waals surface area contributed by atoms with Gasteiger partial charge in [-0.2, -0.15) is 0 Å². The van der Waals surface area contributed by atoms with Crippen LogP contribution in [0.25, 0.3) is 0 Å². The van der Waals surface area contributed by atoms with E-state index in [9.17, 15) is 4.79 Å². The molecule has 0 radical (unpaired) electrons. The molecule has 2 aromatic heterocycles. The van der Waals surface area contributed by atoms with E-state index in [4.69, 9.17) is 0 Å². The summed E-state index contributed by atoms with van der Waals surface area (Å²) in [7, 11) is 0. The summed E-state index contributed by atoms with van der Waals surface area (Å²) in [6.45, 7) is 4.98. The van der Waals surface area contributed by atoms with Crippen molar-refractivity contribution in [3.05, 3.63) is 48.1 Å². The molecule has 2 fully saturated rings. The van der Waals surface area contributed by atoms with E-state index in [0.717, 1.165) is 43.9 Å². The predicted octanol–water partition coefficient (Wildman–Crippen LogP) is 1.36. The van der Waals surface area contributed by atoms with Crippen LogP contribution in [0.4, 0.5) is 0 Å². The van der Waals surface area contributed by atoms with Crippen molar-refractivity contribution in [3.63, 3.8) is 0 Å². The van der Waals surface area contributed by atoms with Gasteiger partial charge in [-0.25, -0.2) is 15.0 Å². The number of rotatable bonds is 4. The zero-order valence-corrected chi connectivity index (χ0v) is 14.4. The van der Waals surface area contributed by atoms with E-state index in [1.807, 2.05) is 19.3 Å². The number of hydrogen-bond acceptors (Lipinski definition) is 6. The first-order valence-corrected chi connectivity index (χ1v) is 8.69. The number of hydrogen-bond donors (Lipinski definition) is 1. The van der Waals surface area contributed by atoms with Crippen molar-refractivity contribution in [2.75, 3.05) is 13.1 Å². The molecule has 2 aromatic rings. The monoisotopic (exact) mass is 338 g/mol. The minimum Gasteiger partial charge on any atom is -0.348 e. The van der Waals surface area contributed by atoms with Gasteiger partial charge in [-0.05, 0) is 38.1 Å². The summed E-state index contributed by atoms with van der Waals surface area (Å²) in [6.07, 6.45) is 11.7. The molecule has 1 aliphatic heterocycles. The molecule has 1 aliphatic carbocycles. The number of aryl methyl sites for hydroxylation is 1. The summed E-state index contributed by atoms with van der Waals surface area (Å²) < 4.78 is 0. The van der Waals surface area contributed by atoms with Gasteiger partial charge in [-0.3, -0.25) is 14.7 Å². The van der Waals surface area contributed by atoms with E-state index in [1.54, 1.807) is 12.4 Å². The second kappa shape index (κ2) is 6.48. The molecule has 1 spiro atoms. The zero-order valence-electron chi connectivity index (χ0n) is 14.4. The van der Waals surface area contributed by atoms with Gasteiger partial charge in [0.15, 0.2) is 0 Å². The van der Waals surface area contributed by atoms with Crippen molar-refractivity contribution in [2.45, 2.75) is 38.8 Å². The number of likely N-dealkylation sites (tertiary alicyclic amines) is 1. The number of carbonyl (C=O) groups excluding carboxylic acids is 1. The highest BCUT2D eigenvalue weighted by atomic mass is 16.2. The molecule has 1 N–H and O–H groups in total. The summed E-state index contributed by atoms with van der Waals surface area (Å²) in [6, 6.07) is 0.247. The van der Waals surface area contributed by atoms with Gasteiger partial charge in [-0.15, -0.1) is 0 Å². The predicted molar refractivity (Wildman–Crippen MR) is 91.6 cm³/mol. The summed E-state index contributed by atoms with van der Waals surface area (Å²) in [4.78, 5) is 31.1. The maximum atomic E-state index is 12.1. The van der Waals surface area contributed by atoms with Gasteiger partial charge < -0.3 is 5.32 Å². The second-order valence-corrected chi connectivity index (χ2v) is 7.27. The number of nitrogens with zero attached hydrogens (tertiary/aromatic N) is 5. The van der Waals surface area contributed by atoms with E-state index >= 15 is 0 Å². The molecule has 0 bridgehead atoms. The Morgan fingerprint density at radius 1 is 1.24 bits per heavy atom. The molecule has 0 unspecified atom stereocenters. The Morgan fingerprint density at radius 3 is 2.76 bits per heavy atom. The molecule has 0 atom stereocenters. The molecule has 1 saturated heterocycles. The largest absolute Gasteiger partial charge is 0.348 e. The van der Waals surface area contributed by atoms with Crippen LogP contribution in [-0.2, 0) is 6.54 Å². The highest BCUT2D eigenvalue weighted by Crippen LogP contribution is 2.48. The van der Waals surface area contributed by atoms with Crippen molar-refractivity contribution in [1.29, 1.82) is 0 Å². The average Bonchev–Trinajstić information content (AvgIpc) is 3.01. The Balaban J connectivity index is 1.27. The first kappa shape index (κ1) is 16.1. The van der Waals surface area contributed by atoms with Crippen LogP contribution < -0.4 is 5.32 Å². The molecular formula is C18H22N6O. The van der Waals surface area contributed by atoms with Gasteiger partial charge in [0, 0.05) is 49.5 Å². The average molecular weight is 338 g/mol. The van der Waals surface area contributed by atoms with Crippen LogP contribution in [-0.4, -0.2) is 49.9 Å². The molecule has 7 nitrogen and oxygen atoms in total. The lowest BCUT2D eigenvalue weighted by molar-refractivity contribution is 0.0690. The van der Waals surface area contributed by atoms with E-state index in [0.29, 0.717) is 11.1 Å². The molecule has 1 amide bonds. The minimum atomic E-state index is -0.125. The molecular weight excluding hydrogens is 316 g/mol. The number of aromatic nitrogens is 4. The Kier molecular flexibility index (Phi) is 4.17. The van der Waals surface area contributed by atoms with Crippen molar-refractivity contribution in [2.24, 2.45) is 5.41 Å². The van der Waals surface area contributed by atoms with Gasteiger partial charge in [0.25, 0.3) is 5.91 Å². The zero-order chi connectivity index (χ0) is 17.3. The third-order valence-corrected chi connectivity index (χ3v) is 5.25. The lowest BCUT2D eigenvalue weighted by Gasteiger charge is -2.45. The topological polar surface area (TPSA) is 83.9 Å². The van der Waals surface area contributed by atoms with Crippen molar-refractivity contribution < 1.29 is 4.79 Å². The highest BCUT2D eigenvalue weighted by Gasteiger charge is 2.48. The van der Waals surface area contributed by atoms with Crippen LogP contribution in [0.5, 0.6) is 0 Å². The van der Waals surface area contributed by atoms with Gasteiger partial charge in [0.05, 0.1) is 6.20 Å². The summed E-state index contributed by atoms with van der Waals surface area (Å²) >= 11 is 0. The quantitative estimate of drug-likeness (QED) is 0.906. The van der Waals surface area contributed by atoms with Crippen molar-refractivity contribution in [3.8, 4) is 0 Å². The van der Waals surface area contributed by atoms with E-state index in [1.165, 1.54) is 12.6 Å². The fourth-order valence-corrected chi connectivity index (χ4v) is 4.02. The van der Waals surface area contributed by atoms with Crippen LogP contribution in [0.1, 0.15) is 41.1 Å². The van der Waals surface area contributed by atoms with Gasteiger partial charge in [-0.1, -0.05) is 0 Å². The fraction of sp³-hybridized carbons (Fsp3) is 0.500. The van der Waals surface area contributed by atoms with Crippen LogP contribution in [0.15, 0.2) is 31.0 Å². The van der Waals surface area contributed by atoms with Crippen LogP contribution in [0.3, 0.4) is 0 Å². The van der Waals surface area contributed by atoms with E-state index in [2.05, 4.69) is 30.2 Å². The Hall–Kier alpha value is -2.41. The molecule has 4 rings (SSSR count). The number of carbonyl (C=O) groups is 1. The van der Waals surface area contributed by atoms with Crippen LogP contribution in [0, 0.1) is 12.3 Å². The first-order valence-electron chi connectivity index (χ1n) is 8.69. The SMILES string of the molecule is Cc1ncc(CN2CCC3(CC(NC(=O)c4cnccn4)C3)C2)cn1. The minimum absolute atomic E-state index is 0.125. The molecule has 0 aromatic carbocycles. The van der Waals surface area contributed by atoms with Crippen LogP contribution >= 0.6 is 0 Å². The molecule has 1 saturated carbocycles. The van der Waals surface area contributed by atoms with Gasteiger partial charge >= 0.3 is 0 Å². The summed E-state index contributed by atoms with van der Waals surface area (Å²) in [5.41, 5.74) is 1.90. The Labute approximate surface area is 146 Å². The van der Waals surface area contributed by atoms with Crippen molar-refractivity contribution in [1.82, 2.24) is 30.2 Å². The lowest BCUT2D eigenvalue weighted by Crippen LogP contribution is -2.52. The number of amides is 1. The lowest BCUT2D eigenvalue weighted by atomic mass is 9.65. The molecule has 2 aliphatic rings.